The highest BCUT2D eigenvalue weighted by Gasteiger charge is 2.76. The zero-order chi connectivity index (χ0) is 29.4. The van der Waals surface area contributed by atoms with Crippen LogP contribution in [0.2, 0.25) is 0 Å². The lowest BCUT2D eigenvalue weighted by Gasteiger charge is -2.41. The molecule has 10 heteroatoms. The van der Waals surface area contributed by atoms with Crippen LogP contribution in [0.5, 0.6) is 0 Å². The second kappa shape index (κ2) is 12.4. The number of anilines is 2. The van der Waals surface area contributed by atoms with Crippen LogP contribution in [0.4, 0.5) is 11.4 Å². The molecule has 0 saturated carbocycles. The van der Waals surface area contributed by atoms with Gasteiger partial charge in [0.05, 0.1) is 35.8 Å². The SMILES string of the molecule is C=CCN(C(=O)C1N([C@@H](CO)C(C)C)C(=O)[C@@H]2[C@H](C(=O)OCC)[C@H]3SC12CC3Br)c1ccc(N(CC)CC)cc1. The molecule has 7 atom stereocenters. The number of ether oxygens (including phenoxy) is 1. The molecule has 0 aliphatic carbocycles. The van der Waals surface area contributed by atoms with Crippen LogP contribution in [0.1, 0.15) is 41.0 Å². The Morgan fingerprint density at radius 1 is 1.23 bits per heavy atom. The predicted octanol–water partition coefficient (Wildman–Crippen LogP) is 4.10. The van der Waals surface area contributed by atoms with E-state index in [4.69, 9.17) is 4.74 Å². The number of rotatable bonds is 12. The number of esters is 1. The lowest BCUT2D eigenvalue weighted by molar-refractivity contribution is -0.154. The lowest BCUT2D eigenvalue weighted by atomic mass is 9.71. The molecular weight excluding hydrogens is 594 g/mol. The number of halogens is 1. The van der Waals surface area contributed by atoms with E-state index in [0.717, 1.165) is 18.8 Å². The molecule has 3 fully saturated rings. The number of thioether (sulfide) groups is 1. The minimum Gasteiger partial charge on any atom is -0.466 e. The molecule has 0 radical (unpaired) electrons. The van der Waals surface area contributed by atoms with E-state index in [9.17, 15) is 19.5 Å². The van der Waals surface area contributed by atoms with Crippen molar-refractivity contribution < 1.29 is 24.2 Å². The van der Waals surface area contributed by atoms with Crippen molar-refractivity contribution >= 4 is 56.9 Å². The number of aliphatic hydroxyl groups excluding tert-OH is 1. The maximum absolute atomic E-state index is 14.7. The normalized spacial score (nSPS) is 29.4. The summed E-state index contributed by atoms with van der Waals surface area (Å²) in [4.78, 5) is 47.8. The Morgan fingerprint density at radius 3 is 2.38 bits per heavy atom. The predicted molar refractivity (Wildman–Crippen MR) is 164 cm³/mol. The smallest absolute Gasteiger partial charge is 0.310 e. The average Bonchev–Trinajstić information content (AvgIpc) is 3.52. The summed E-state index contributed by atoms with van der Waals surface area (Å²) in [5.74, 6) is -2.28. The van der Waals surface area contributed by atoms with Gasteiger partial charge in [0.2, 0.25) is 5.91 Å². The fraction of sp³-hybridized carbons (Fsp3) is 0.633. The van der Waals surface area contributed by atoms with Gasteiger partial charge in [0.1, 0.15) is 6.04 Å². The van der Waals surface area contributed by atoms with Gasteiger partial charge in [-0.05, 0) is 57.4 Å². The molecule has 4 rings (SSSR count). The van der Waals surface area contributed by atoms with Crippen LogP contribution < -0.4 is 9.80 Å². The molecule has 3 aliphatic heterocycles. The summed E-state index contributed by atoms with van der Waals surface area (Å²) in [5, 5.41) is 10.3. The van der Waals surface area contributed by atoms with Crippen molar-refractivity contribution in [2.75, 3.05) is 42.6 Å². The lowest BCUT2D eigenvalue weighted by Crippen LogP contribution is -2.59. The van der Waals surface area contributed by atoms with Crippen LogP contribution in [0.25, 0.3) is 0 Å². The average molecular weight is 637 g/mol. The van der Waals surface area contributed by atoms with Gasteiger partial charge in [0.25, 0.3) is 5.91 Å². The summed E-state index contributed by atoms with van der Waals surface area (Å²) in [6.45, 7) is 15.7. The first-order chi connectivity index (χ1) is 19.1. The fourth-order valence-electron chi connectivity index (χ4n) is 6.86. The first kappa shape index (κ1) is 30.9. The number of carbonyl (C=O) groups is 3. The summed E-state index contributed by atoms with van der Waals surface area (Å²) in [7, 11) is 0. The first-order valence-corrected chi connectivity index (χ1v) is 16.1. The number of hydrogen-bond acceptors (Lipinski definition) is 7. The Balaban J connectivity index is 1.81. The number of alkyl halides is 1. The van der Waals surface area contributed by atoms with E-state index in [1.807, 2.05) is 38.1 Å². The van der Waals surface area contributed by atoms with Crippen LogP contribution in [0, 0.1) is 17.8 Å². The number of carbonyl (C=O) groups excluding carboxylic acids is 3. The zero-order valence-electron chi connectivity index (χ0n) is 24.1. The topological polar surface area (TPSA) is 90.4 Å². The number of fused-ring (bicyclic) bond motifs is 1. The van der Waals surface area contributed by atoms with Gasteiger partial charge in [-0.25, -0.2) is 0 Å². The van der Waals surface area contributed by atoms with Crippen LogP contribution in [-0.2, 0) is 19.1 Å². The molecule has 3 heterocycles. The van der Waals surface area contributed by atoms with Crippen molar-refractivity contribution in [3.8, 4) is 0 Å². The van der Waals surface area contributed by atoms with Crippen LogP contribution in [-0.4, -0.2) is 87.5 Å². The number of hydrogen-bond donors (Lipinski definition) is 1. The summed E-state index contributed by atoms with van der Waals surface area (Å²) in [6.07, 6.45) is 2.26. The van der Waals surface area contributed by atoms with Gasteiger partial charge in [-0.2, -0.15) is 0 Å². The van der Waals surface area contributed by atoms with Crippen molar-refractivity contribution in [3.05, 3.63) is 36.9 Å². The maximum atomic E-state index is 14.7. The van der Waals surface area contributed by atoms with E-state index in [2.05, 4.69) is 41.3 Å². The molecule has 0 aromatic heterocycles. The molecule has 1 N–H and O–H groups in total. The van der Waals surface area contributed by atoms with Gasteiger partial charge >= 0.3 is 5.97 Å². The summed E-state index contributed by atoms with van der Waals surface area (Å²) < 4.78 is 4.63. The van der Waals surface area contributed by atoms with Gasteiger partial charge in [0.15, 0.2) is 0 Å². The third-order valence-corrected chi connectivity index (χ3v) is 11.9. The van der Waals surface area contributed by atoms with Crippen molar-refractivity contribution in [2.45, 2.75) is 67.9 Å². The van der Waals surface area contributed by atoms with Crippen molar-refractivity contribution in [3.63, 3.8) is 0 Å². The second-order valence-electron chi connectivity index (χ2n) is 11.1. The van der Waals surface area contributed by atoms with Crippen molar-refractivity contribution in [1.29, 1.82) is 0 Å². The highest BCUT2D eigenvalue weighted by molar-refractivity contribution is 9.09. The molecule has 2 amide bonds. The Morgan fingerprint density at radius 2 is 1.85 bits per heavy atom. The quantitative estimate of drug-likeness (QED) is 0.210. The molecule has 40 heavy (non-hydrogen) atoms. The third kappa shape index (κ3) is 4.98. The van der Waals surface area contributed by atoms with E-state index in [1.165, 1.54) is 0 Å². The van der Waals surface area contributed by atoms with Gasteiger partial charge < -0.3 is 24.5 Å². The minimum atomic E-state index is -0.846. The Hall–Kier alpha value is -2.04. The number of benzene rings is 1. The van der Waals surface area contributed by atoms with Gasteiger partial charge in [0, 0.05) is 41.1 Å². The maximum Gasteiger partial charge on any atom is 0.310 e. The monoisotopic (exact) mass is 635 g/mol. The van der Waals surface area contributed by atoms with E-state index in [0.29, 0.717) is 12.1 Å². The van der Waals surface area contributed by atoms with Gasteiger partial charge in [-0.15, -0.1) is 18.3 Å². The standard InChI is InChI=1S/C30H42BrN3O5S/c1-7-15-33(20-13-11-19(12-14-20)32(8-2)9-3)28(37)26-30-16-21(31)25(40-30)23(29(38)39-10-4)24(30)27(36)34(26)22(17-35)18(5)6/h7,11-14,18,21-26,35H,1,8-10,15-17H2,2-6H3/t21?,22-,23-,24-,25-,26?,30?/m0/s1. The molecule has 1 aromatic rings. The minimum absolute atomic E-state index is 0.0426. The molecule has 1 spiro atoms. The Kier molecular flexibility index (Phi) is 9.62. The Bertz CT molecular complexity index is 1110. The van der Waals surface area contributed by atoms with Crippen LogP contribution in [0.3, 0.4) is 0 Å². The first-order valence-electron chi connectivity index (χ1n) is 14.3. The molecular formula is C30H42BrN3O5S. The second-order valence-corrected chi connectivity index (χ2v) is 13.8. The van der Waals surface area contributed by atoms with E-state index in [-0.39, 0.29) is 47.6 Å². The number of likely N-dealkylation sites (tertiary alicyclic amines) is 1. The number of nitrogens with zero attached hydrogens (tertiary/aromatic N) is 3. The summed E-state index contributed by atoms with van der Waals surface area (Å²) in [5.41, 5.74) is 1.79. The summed E-state index contributed by atoms with van der Waals surface area (Å²) in [6, 6.07) is 6.48. The zero-order valence-corrected chi connectivity index (χ0v) is 26.5. The van der Waals surface area contributed by atoms with E-state index >= 15 is 0 Å². The van der Waals surface area contributed by atoms with E-state index < -0.39 is 34.6 Å². The number of amides is 2. The highest BCUT2D eigenvalue weighted by atomic mass is 79.9. The highest BCUT2D eigenvalue weighted by Crippen LogP contribution is 2.68. The molecule has 220 valence electrons. The van der Waals surface area contributed by atoms with Crippen LogP contribution >= 0.6 is 27.7 Å². The van der Waals surface area contributed by atoms with Gasteiger partial charge in [-0.1, -0.05) is 35.9 Å². The van der Waals surface area contributed by atoms with E-state index in [1.54, 1.807) is 34.6 Å². The number of aliphatic hydroxyl groups is 1. The summed E-state index contributed by atoms with van der Waals surface area (Å²) >= 11 is 5.35. The molecule has 2 bridgehead atoms. The van der Waals surface area contributed by atoms with Crippen molar-refractivity contribution in [1.82, 2.24) is 4.90 Å². The molecule has 3 saturated heterocycles. The Labute approximate surface area is 250 Å². The van der Waals surface area contributed by atoms with Gasteiger partial charge in [-0.3, -0.25) is 14.4 Å². The third-order valence-electron chi connectivity index (χ3n) is 8.70. The van der Waals surface area contributed by atoms with Crippen molar-refractivity contribution in [2.24, 2.45) is 17.8 Å². The fourth-order valence-corrected chi connectivity index (χ4v) is 10.4. The molecule has 3 aliphatic rings. The molecule has 8 nitrogen and oxygen atoms in total. The molecule has 1 aromatic carbocycles. The molecule has 3 unspecified atom stereocenters. The largest absolute Gasteiger partial charge is 0.466 e. The van der Waals surface area contributed by atoms with Crippen LogP contribution in [0.15, 0.2) is 36.9 Å².